The van der Waals surface area contributed by atoms with Crippen LogP contribution in [0, 0.1) is 0 Å². The van der Waals surface area contributed by atoms with Gasteiger partial charge in [-0.25, -0.2) is 0 Å². The Labute approximate surface area is 137 Å². The summed E-state index contributed by atoms with van der Waals surface area (Å²) in [6.07, 6.45) is 2.26. The highest BCUT2D eigenvalue weighted by Gasteiger charge is 2.17. The zero-order valence-electron chi connectivity index (χ0n) is 11.0. The van der Waals surface area contributed by atoms with Gasteiger partial charge in [0.05, 0.1) is 15.7 Å². The second kappa shape index (κ2) is 6.22. The van der Waals surface area contributed by atoms with Crippen molar-refractivity contribution in [3.8, 4) is 0 Å². The number of rotatable bonds is 3. The van der Waals surface area contributed by atoms with E-state index in [0.717, 1.165) is 25.9 Å². The predicted molar refractivity (Wildman–Crippen MR) is 86.0 cm³/mol. The van der Waals surface area contributed by atoms with Gasteiger partial charge >= 0.3 is 0 Å². The Morgan fingerprint density at radius 3 is 2.52 bits per heavy atom. The van der Waals surface area contributed by atoms with Crippen LogP contribution in [0.1, 0.15) is 12.8 Å². The molecule has 5 nitrogen and oxygen atoms in total. The molecule has 2 aromatic rings. The molecular formula is C13H12Cl3N5. The lowest BCUT2D eigenvalue weighted by atomic mass is 10.3. The number of hydrogen-bond donors (Lipinski definition) is 1. The van der Waals surface area contributed by atoms with Crippen molar-refractivity contribution in [3.05, 3.63) is 33.5 Å². The molecule has 3 rings (SSSR count). The van der Waals surface area contributed by atoms with Crippen LogP contribution in [0.4, 0.5) is 17.6 Å². The molecule has 1 saturated heterocycles. The van der Waals surface area contributed by atoms with E-state index in [0.29, 0.717) is 27.6 Å². The summed E-state index contributed by atoms with van der Waals surface area (Å²) in [5.74, 6) is 0.925. The molecule has 0 radical (unpaired) electrons. The third kappa shape index (κ3) is 3.31. The van der Waals surface area contributed by atoms with Crippen molar-refractivity contribution in [3.63, 3.8) is 0 Å². The van der Waals surface area contributed by atoms with Gasteiger partial charge in [-0.3, -0.25) is 0 Å². The second-order valence-corrected chi connectivity index (χ2v) is 5.77. The quantitative estimate of drug-likeness (QED) is 0.905. The van der Waals surface area contributed by atoms with Crippen LogP contribution in [0.5, 0.6) is 0 Å². The van der Waals surface area contributed by atoms with E-state index in [4.69, 9.17) is 34.8 Å². The first-order valence-corrected chi connectivity index (χ1v) is 7.64. The fourth-order valence-corrected chi connectivity index (χ4v) is 2.68. The first-order chi connectivity index (χ1) is 10.1. The second-order valence-electron chi connectivity index (χ2n) is 4.65. The number of nitrogens with one attached hydrogen (secondary N) is 1. The largest absolute Gasteiger partial charge is 0.341 e. The van der Waals surface area contributed by atoms with E-state index in [1.165, 1.54) is 0 Å². The lowest BCUT2D eigenvalue weighted by molar-refractivity contribution is 0.883. The fraction of sp³-hybridized carbons (Fsp3) is 0.308. The van der Waals surface area contributed by atoms with Gasteiger partial charge in [-0.1, -0.05) is 29.3 Å². The average Bonchev–Trinajstić information content (AvgIpc) is 2.97. The van der Waals surface area contributed by atoms with Gasteiger partial charge in [-0.05, 0) is 36.6 Å². The first kappa shape index (κ1) is 14.6. The Hall–Kier alpha value is -1.30. The van der Waals surface area contributed by atoms with Crippen molar-refractivity contribution in [2.45, 2.75) is 12.8 Å². The zero-order valence-corrected chi connectivity index (χ0v) is 13.3. The lowest BCUT2D eigenvalue weighted by Gasteiger charge is -2.16. The monoisotopic (exact) mass is 343 g/mol. The van der Waals surface area contributed by atoms with Crippen molar-refractivity contribution in [2.24, 2.45) is 0 Å². The molecular weight excluding hydrogens is 333 g/mol. The molecule has 1 aliphatic heterocycles. The minimum Gasteiger partial charge on any atom is -0.341 e. The Bertz CT molecular complexity index is 658. The van der Waals surface area contributed by atoms with Gasteiger partial charge in [0.25, 0.3) is 0 Å². The van der Waals surface area contributed by atoms with Gasteiger partial charge < -0.3 is 10.2 Å². The SMILES string of the molecule is Clc1nc(Nc2cccc(Cl)c2Cl)nc(N2CCCC2)n1. The summed E-state index contributed by atoms with van der Waals surface area (Å²) < 4.78 is 0. The Kier molecular flexibility index (Phi) is 4.33. The van der Waals surface area contributed by atoms with Crippen LogP contribution >= 0.6 is 34.8 Å². The Morgan fingerprint density at radius 2 is 1.76 bits per heavy atom. The molecule has 0 aliphatic carbocycles. The molecule has 0 spiro atoms. The van der Waals surface area contributed by atoms with E-state index in [2.05, 4.69) is 25.2 Å². The third-order valence-corrected chi connectivity index (χ3v) is 4.17. The first-order valence-electron chi connectivity index (χ1n) is 6.51. The van der Waals surface area contributed by atoms with E-state index in [1.54, 1.807) is 18.2 Å². The summed E-state index contributed by atoms with van der Waals surface area (Å²) >= 11 is 18.1. The number of benzene rings is 1. The summed E-state index contributed by atoms with van der Waals surface area (Å²) in [6.45, 7) is 1.86. The topological polar surface area (TPSA) is 53.9 Å². The maximum Gasteiger partial charge on any atom is 0.233 e. The van der Waals surface area contributed by atoms with E-state index in [-0.39, 0.29) is 5.28 Å². The highest BCUT2D eigenvalue weighted by atomic mass is 35.5. The molecule has 8 heteroatoms. The average molecular weight is 345 g/mol. The number of aromatic nitrogens is 3. The molecule has 110 valence electrons. The molecule has 1 aliphatic rings. The molecule has 0 bridgehead atoms. The summed E-state index contributed by atoms with van der Waals surface area (Å²) in [5, 5.41) is 4.05. The van der Waals surface area contributed by atoms with Crippen LogP contribution in [0.25, 0.3) is 0 Å². The summed E-state index contributed by atoms with van der Waals surface area (Å²) in [6, 6.07) is 5.30. The molecule has 2 heterocycles. The van der Waals surface area contributed by atoms with Crippen LogP contribution < -0.4 is 10.2 Å². The summed E-state index contributed by atoms with van der Waals surface area (Å²) in [4.78, 5) is 14.7. The van der Waals surface area contributed by atoms with E-state index in [1.807, 2.05) is 0 Å². The number of halogens is 3. The minimum atomic E-state index is 0.146. The Balaban J connectivity index is 1.89. The number of hydrogen-bond acceptors (Lipinski definition) is 5. The molecule has 0 amide bonds. The van der Waals surface area contributed by atoms with Crippen molar-refractivity contribution >= 4 is 52.4 Å². The van der Waals surface area contributed by atoms with Crippen molar-refractivity contribution < 1.29 is 0 Å². The van der Waals surface area contributed by atoms with E-state index in [9.17, 15) is 0 Å². The summed E-state index contributed by atoms with van der Waals surface area (Å²) in [7, 11) is 0. The van der Waals surface area contributed by atoms with Crippen LogP contribution in [0.2, 0.25) is 15.3 Å². The molecule has 21 heavy (non-hydrogen) atoms. The maximum atomic E-state index is 6.14. The number of anilines is 3. The third-order valence-electron chi connectivity index (χ3n) is 3.18. The molecule has 1 aromatic heterocycles. The molecule has 0 saturated carbocycles. The van der Waals surface area contributed by atoms with E-state index < -0.39 is 0 Å². The highest BCUT2D eigenvalue weighted by Crippen LogP contribution is 2.31. The highest BCUT2D eigenvalue weighted by molar-refractivity contribution is 6.43. The molecule has 0 atom stereocenters. The normalized spacial score (nSPS) is 14.5. The van der Waals surface area contributed by atoms with Crippen LogP contribution in [-0.4, -0.2) is 28.0 Å². The molecule has 1 aromatic carbocycles. The molecule has 1 N–H and O–H groups in total. The molecule has 1 fully saturated rings. The summed E-state index contributed by atoms with van der Waals surface area (Å²) in [5.41, 5.74) is 0.624. The van der Waals surface area contributed by atoms with Gasteiger partial charge in [0.2, 0.25) is 17.2 Å². The van der Waals surface area contributed by atoms with Crippen LogP contribution in [-0.2, 0) is 0 Å². The smallest absolute Gasteiger partial charge is 0.233 e. The standard InChI is InChI=1S/C13H12Cl3N5/c14-8-4-3-5-9(10(8)15)17-12-18-11(16)19-13(20-12)21-6-1-2-7-21/h3-5H,1-2,6-7H2,(H,17,18,19,20). The fourth-order valence-electron chi connectivity index (χ4n) is 2.17. The lowest BCUT2D eigenvalue weighted by Crippen LogP contribution is -2.21. The van der Waals surface area contributed by atoms with Gasteiger partial charge in [-0.2, -0.15) is 15.0 Å². The zero-order chi connectivity index (χ0) is 14.8. The number of nitrogens with zero attached hydrogens (tertiary/aromatic N) is 4. The minimum absolute atomic E-state index is 0.146. The van der Waals surface area contributed by atoms with Crippen molar-refractivity contribution in [1.82, 2.24) is 15.0 Å². The van der Waals surface area contributed by atoms with E-state index >= 15 is 0 Å². The predicted octanol–water partition coefficient (Wildman–Crippen LogP) is 4.18. The van der Waals surface area contributed by atoms with Gasteiger partial charge in [-0.15, -0.1) is 0 Å². The molecule has 0 unspecified atom stereocenters. The van der Waals surface area contributed by atoms with Crippen molar-refractivity contribution in [1.29, 1.82) is 0 Å². The van der Waals surface area contributed by atoms with Gasteiger partial charge in [0.15, 0.2) is 0 Å². The van der Waals surface area contributed by atoms with Gasteiger partial charge in [0, 0.05) is 13.1 Å². The van der Waals surface area contributed by atoms with Crippen LogP contribution in [0.15, 0.2) is 18.2 Å². The van der Waals surface area contributed by atoms with Crippen molar-refractivity contribution in [2.75, 3.05) is 23.3 Å². The maximum absolute atomic E-state index is 6.14. The Morgan fingerprint density at radius 1 is 1.00 bits per heavy atom. The van der Waals surface area contributed by atoms with Crippen LogP contribution in [0.3, 0.4) is 0 Å². The van der Waals surface area contributed by atoms with Gasteiger partial charge in [0.1, 0.15) is 0 Å².